The molecule has 1 saturated carbocycles. The van der Waals surface area contributed by atoms with Gasteiger partial charge < -0.3 is 20.5 Å². The summed E-state index contributed by atoms with van der Waals surface area (Å²) in [5.74, 6) is 0.207. The Bertz CT molecular complexity index is 812. The lowest BCUT2D eigenvalue weighted by atomic mass is 10.1. The van der Waals surface area contributed by atoms with Gasteiger partial charge in [-0.2, -0.15) is 0 Å². The monoisotopic (exact) mass is 489 g/mol. The Morgan fingerprint density at radius 2 is 1.81 bits per heavy atom. The van der Waals surface area contributed by atoms with Gasteiger partial charge in [-0.1, -0.05) is 12.1 Å². The quantitative estimate of drug-likeness (QED) is 0.370. The summed E-state index contributed by atoms with van der Waals surface area (Å²) in [6.45, 7) is 0.352. The van der Waals surface area contributed by atoms with Crippen molar-refractivity contribution in [3.8, 4) is 11.5 Å². The van der Waals surface area contributed by atoms with E-state index in [0.29, 0.717) is 24.5 Å². The molecule has 27 heavy (non-hydrogen) atoms. The summed E-state index contributed by atoms with van der Waals surface area (Å²) in [6, 6.07) is 9.26. The molecule has 1 aliphatic carbocycles. The molecule has 0 spiro atoms. The zero-order valence-electron chi connectivity index (χ0n) is 15.0. The van der Waals surface area contributed by atoms with Gasteiger partial charge in [0, 0.05) is 17.5 Å². The van der Waals surface area contributed by atoms with Gasteiger partial charge in [0.05, 0.1) is 20.8 Å². The summed E-state index contributed by atoms with van der Waals surface area (Å²) >= 11 is 0. The van der Waals surface area contributed by atoms with Crippen molar-refractivity contribution in [2.75, 3.05) is 14.2 Å². The van der Waals surface area contributed by atoms with Gasteiger partial charge in [-0.15, -0.1) is 24.0 Å². The van der Waals surface area contributed by atoms with E-state index in [-0.39, 0.29) is 47.5 Å². The van der Waals surface area contributed by atoms with Gasteiger partial charge >= 0.3 is 0 Å². The maximum Gasteiger partial charge on any atom is 0.189 e. The minimum absolute atomic E-state index is 0. The molecule has 8 heteroatoms. The number of aliphatic imine (C=N–C) groups is 1. The molecule has 0 radical (unpaired) electrons. The first-order valence-corrected chi connectivity index (χ1v) is 8.24. The Morgan fingerprint density at radius 3 is 2.44 bits per heavy atom. The van der Waals surface area contributed by atoms with Crippen LogP contribution in [0.4, 0.5) is 8.78 Å². The number of rotatable bonds is 6. The Kier molecular flexibility index (Phi) is 7.23. The van der Waals surface area contributed by atoms with E-state index in [1.54, 1.807) is 20.3 Å². The second-order valence-corrected chi connectivity index (χ2v) is 6.12. The van der Waals surface area contributed by atoms with Gasteiger partial charge in [-0.05, 0) is 36.2 Å². The maximum absolute atomic E-state index is 13.8. The number of halogens is 3. The molecule has 2 aromatic rings. The zero-order chi connectivity index (χ0) is 18.7. The molecule has 2 atom stereocenters. The average molecular weight is 489 g/mol. The molecular formula is C19H22F2IN3O2. The van der Waals surface area contributed by atoms with Crippen molar-refractivity contribution in [3.63, 3.8) is 0 Å². The number of hydrogen-bond acceptors (Lipinski definition) is 3. The highest BCUT2D eigenvalue weighted by Gasteiger charge is 2.42. The zero-order valence-corrected chi connectivity index (χ0v) is 17.4. The van der Waals surface area contributed by atoms with Crippen molar-refractivity contribution < 1.29 is 18.3 Å². The third-order valence-electron chi connectivity index (χ3n) is 4.37. The fraction of sp³-hybridized carbons (Fsp3) is 0.316. The van der Waals surface area contributed by atoms with Crippen LogP contribution in [0.3, 0.4) is 0 Å². The number of ether oxygens (including phenoxy) is 2. The van der Waals surface area contributed by atoms with Crippen molar-refractivity contribution >= 4 is 29.9 Å². The van der Waals surface area contributed by atoms with Gasteiger partial charge in [0.25, 0.3) is 0 Å². The van der Waals surface area contributed by atoms with E-state index in [0.717, 1.165) is 5.56 Å². The van der Waals surface area contributed by atoms with Gasteiger partial charge in [0.15, 0.2) is 17.5 Å². The first kappa shape index (κ1) is 21.2. The molecule has 0 heterocycles. The van der Waals surface area contributed by atoms with Crippen LogP contribution in [0.1, 0.15) is 23.5 Å². The summed E-state index contributed by atoms with van der Waals surface area (Å²) in [6.07, 6.45) is 0.616. The highest BCUT2D eigenvalue weighted by molar-refractivity contribution is 14.0. The van der Waals surface area contributed by atoms with Crippen molar-refractivity contribution in [1.29, 1.82) is 0 Å². The third kappa shape index (κ3) is 5.00. The summed E-state index contributed by atoms with van der Waals surface area (Å²) in [5.41, 5.74) is 6.91. The van der Waals surface area contributed by atoms with Gasteiger partial charge in [0.2, 0.25) is 0 Å². The smallest absolute Gasteiger partial charge is 0.189 e. The molecule has 2 unspecified atom stereocenters. The van der Waals surface area contributed by atoms with Crippen LogP contribution in [0, 0.1) is 11.6 Å². The molecular weight excluding hydrogens is 467 g/mol. The summed E-state index contributed by atoms with van der Waals surface area (Å²) in [5, 5.41) is 3.02. The second kappa shape index (κ2) is 9.20. The van der Waals surface area contributed by atoms with Crippen LogP contribution in [0.2, 0.25) is 0 Å². The molecule has 0 bridgehead atoms. The molecule has 5 nitrogen and oxygen atoms in total. The van der Waals surface area contributed by atoms with Crippen molar-refractivity contribution in [2.45, 2.75) is 24.9 Å². The summed E-state index contributed by atoms with van der Waals surface area (Å²) < 4.78 is 38.1. The molecule has 3 rings (SSSR count). The van der Waals surface area contributed by atoms with E-state index < -0.39 is 11.6 Å². The molecule has 0 saturated heterocycles. The van der Waals surface area contributed by atoms with Gasteiger partial charge in [-0.3, -0.25) is 0 Å². The number of benzene rings is 2. The van der Waals surface area contributed by atoms with Crippen LogP contribution in [-0.2, 0) is 6.54 Å². The number of hydrogen-bond donors (Lipinski definition) is 2. The molecule has 1 fully saturated rings. The first-order valence-electron chi connectivity index (χ1n) is 8.24. The van der Waals surface area contributed by atoms with Crippen molar-refractivity contribution in [3.05, 3.63) is 59.2 Å². The van der Waals surface area contributed by atoms with Gasteiger partial charge in [-0.25, -0.2) is 13.8 Å². The fourth-order valence-electron chi connectivity index (χ4n) is 2.93. The highest BCUT2D eigenvalue weighted by Crippen LogP contribution is 2.43. The molecule has 0 aromatic heterocycles. The minimum Gasteiger partial charge on any atom is -0.493 e. The second-order valence-electron chi connectivity index (χ2n) is 6.12. The number of methoxy groups -OCH3 is 2. The van der Waals surface area contributed by atoms with Crippen molar-refractivity contribution in [2.24, 2.45) is 10.7 Å². The lowest BCUT2D eigenvalue weighted by molar-refractivity contribution is 0.354. The summed E-state index contributed by atoms with van der Waals surface area (Å²) in [7, 11) is 3.14. The Hall–Kier alpha value is -2.10. The average Bonchev–Trinajstić information content (AvgIpc) is 3.38. The Labute approximate surface area is 174 Å². The largest absolute Gasteiger partial charge is 0.493 e. The third-order valence-corrected chi connectivity index (χ3v) is 4.37. The Morgan fingerprint density at radius 1 is 1.15 bits per heavy atom. The molecule has 0 aliphatic heterocycles. The van der Waals surface area contributed by atoms with Crippen LogP contribution in [0.25, 0.3) is 0 Å². The molecule has 0 amide bonds. The van der Waals surface area contributed by atoms with E-state index in [9.17, 15) is 8.78 Å². The normalized spacial score (nSPS) is 18.4. The van der Waals surface area contributed by atoms with E-state index >= 15 is 0 Å². The van der Waals surface area contributed by atoms with Crippen LogP contribution >= 0.6 is 24.0 Å². The van der Waals surface area contributed by atoms with Crippen molar-refractivity contribution in [1.82, 2.24) is 5.32 Å². The van der Waals surface area contributed by atoms with Crippen LogP contribution in [-0.4, -0.2) is 26.2 Å². The van der Waals surface area contributed by atoms with E-state index in [4.69, 9.17) is 15.2 Å². The first-order chi connectivity index (χ1) is 12.5. The molecule has 1 aliphatic rings. The molecule has 146 valence electrons. The standard InChI is InChI=1S/C19H21F2N3O2.HI/c1-25-16-7-6-11(8-17(16)26-2)10-23-19(22)24-15-9-12(15)18-13(20)4-3-5-14(18)21;/h3-8,12,15H,9-10H2,1-2H3,(H3,22,23,24);1H. The highest BCUT2D eigenvalue weighted by atomic mass is 127. The molecule has 2 aromatic carbocycles. The number of guanidine groups is 1. The number of nitrogens with two attached hydrogens (primary N) is 1. The minimum atomic E-state index is -0.528. The lowest BCUT2D eigenvalue weighted by Crippen LogP contribution is -2.34. The van der Waals surface area contributed by atoms with Crippen LogP contribution in [0.15, 0.2) is 41.4 Å². The van der Waals surface area contributed by atoms with Crippen LogP contribution in [0.5, 0.6) is 11.5 Å². The topological polar surface area (TPSA) is 68.9 Å². The van der Waals surface area contributed by atoms with E-state index in [2.05, 4.69) is 10.3 Å². The predicted molar refractivity (Wildman–Crippen MR) is 111 cm³/mol. The fourth-order valence-corrected chi connectivity index (χ4v) is 2.93. The molecule has 3 N–H and O–H groups in total. The number of nitrogens with zero attached hydrogens (tertiary/aromatic N) is 1. The summed E-state index contributed by atoms with van der Waals surface area (Å²) in [4.78, 5) is 4.28. The SMILES string of the molecule is COc1ccc(CN=C(N)NC2CC2c2c(F)cccc2F)cc1OC.I. The van der Waals surface area contributed by atoms with E-state index in [1.165, 1.54) is 18.2 Å². The predicted octanol–water partition coefficient (Wildman–Crippen LogP) is 3.56. The Balaban J connectivity index is 0.00000261. The maximum atomic E-state index is 13.8. The van der Waals surface area contributed by atoms with Crippen LogP contribution < -0.4 is 20.5 Å². The number of nitrogens with one attached hydrogen (secondary N) is 1. The van der Waals surface area contributed by atoms with E-state index in [1.807, 2.05) is 12.1 Å². The lowest BCUT2D eigenvalue weighted by Gasteiger charge is -2.09. The van der Waals surface area contributed by atoms with Gasteiger partial charge in [0.1, 0.15) is 11.6 Å².